The fourth-order valence-electron chi connectivity index (χ4n) is 1.85. The van der Waals surface area contributed by atoms with Gasteiger partial charge < -0.3 is 14.9 Å². The highest BCUT2D eigenvalue weighted by molar-refractivity contribution is 5.86. The molecule has 2 rings (SSSR count). The standard InChI is InChI=1S/C14H17NO6/c1-9(15-13(18)12(17)11(16)8-21-15)14(19)20-7-10-5-3-2-4-6-10/h2-6,9,11-12,16-17H,7-8H2,1H3/t9?,11-,12-/m0/s1. The first-order valence-corrected chi connectivity index (χ1v) is 6.53. The predicted octanol–water partition coefficient (Wildman–Crippen LogP) is -0.386. The predicted molar refractivity (Wildman–Crippen MR) is 70.5 cm³/mol. The smallest absolute Gasteiger partial charge is 0.331 e. The van der Waals surface area contributed by atoms with Crippen LogP contribution in [-0.2, 0) is 25.8 Å². The Morgan fingerprint density at radius 2 is 2.10 bits per heavy atom. The third kappa shape index (κ3) is 3.57. The van der Waals surface area contributed by atoms with Crippen molar-refractivity contribution in [2.75, 3.05) is 6.61 Å². The van der Waals surface area contributed by atoms with Crippen molar-refractivity contribution in [3.63, 3.8) is 0 Å². The van der Waals surface area contributed by atoms with Crippen LogP contribution in [0.2, 0.25) is 0 Å². The fraction of sp³-hybridized carbons (Fsp3) is 0.429. The Morgan fingerprint density at radius 1 is 1.43 bits per heavy atom. The number of nitrogens with zero attached hydrogens (tertiary/aromatic N) is 1. The zero-order valence-electron chi connectivity index (χ0n) is 11.5. The Kier molecular flexibility index (Phi) is 4.89. The molecule has 21 heavy (non-hydrogen) atoms. The van der Waals surface area contributed by atoms with Gasteiger partial charge in [-0.25, -0.2) is 9.86 Å². The molecule has 0 aliphatic carbocycles. The number of carbonyl (C=O) groups excluding carboxylic acids is 2. The molecule has 1 aliphatic rings. The molecular weight excluding hydrogens is 278 g/mol. The van der Waals surface area contributed by atoms with E-state index in [1.807, 2.05) is 18.2 Å². The van der Waals surface area contributed by atoms with Gasteiger partial charge in [-0.2, -0.15) is 0 Å². The lowest BCUT2D eigenvalue weighted by Gasteiger charge is -2.34. The number of hydroxylamine groups is 2. The van der Waals surface area contributed by atoms with Crippen molar-refractivity contribution < 1.29 is 29.4 Å². The fourth-order valence-corrected chi connectivity index (χ4v) is 1.85. The zero-order chi connectivity index (χ0) is 15.4. The average molecular weight is 295 g/mol. The highest BCUT2D eigenvalue weighted by Crippen LogP contribution is 2.14. The van der Waals surface area contributed by atoms with E-state index >= 15 is 0 Å². The van der Waals surface area contributed by atoms with Gasteiger partial charge in [0, 0.05) is 0 Å². The van der Waals surface area contributed by atoms with Gasteiger partial charge in [-0.15, -0.1) is 0 Å². The maximum absolute atomic E-state index is 11.9. The van der Waals surface area contributed by atoms with Crippen molar-refractivity contribution in [2.45, 2.75) is 31.8 Å². The number of amides is 1. The van der Waals surface area contributed by atoms with E-state index in [-0.39, 0.29) is 13.2 Å². The van der Waals surface area contributed by atoms with Crippen molar-refractivity contribution in [3.05, 3.63) is 35.9 Å². The Morgan fingerprint density at radius 3 is 2.76 bits per heavy atom. The van der Waals surface area contributed by atoms with Crippen LogP contribution in [0.25, 0.3) is 0 Å². The van der Waals surface area contributed by atoms with Crippen LogP contribution in [0.3, 0.4) is 0 Å². The summed E-state index contributed by atoms with van der Waals surface area (Å²) in [5, 5.41) is 19.5. The number of hydrogen-bond acceptors (Lipinski definition) is 6. The average Bonchev–Trinajstić information content (AvgIpc) is 2.51. The summed E-state index contributed by atoms with van der Waals surface area (Å²) in [6.45, 7) is 1.25. The molecule has 0 bridgehead atoms. The van der Waals surface area contributed by atoms with Crippen molar-refractivity contribution in [1.29, 1.82) is 0 Å². The molecule has 1 heterocycles. The summed E-state index contributed by atoms with van der Waals surface area (Å²) in [5.74, 6) is -1.52. The molecule has 2 N–H and O–H groups in total. The van der Waals surface area contributed by atoms with Crippen LogP contribution in [-0.4, -0.2) is 52.0 Å². The van der Waals surface area contributed by atoms with Gasteiger partial charge in [-0.1, -0.05) is 30.3 Å². The second kappa shape index (κ2) is 6.66. The monoisotopic (exact) mass is 295 g/mol. The van der Waals surface area contributed by atoms with E-state index in [9.17, 15) is 19.8 Å². The molecule has 0 saturated carbocycles. The molecular formula is C14H17NO6. The highest BCUT2D eigenvalue weighted by atomic mass is 16.7. The number of carbonyl (C=O) groups is 2. The van der Waals surface area contributed by atoms with Gasteiger partial charge in [0.25, 0.3) is 5.91 Å². The Balaban J connectivity index is 1.91. The summed E-state index contributed by atoms with van der Waals surface area (Å²) in [7, 11) is 0. The van der Waals surface area contributed by atoms with E-state index in [2.05, 4.69) is 0 Å². The minimum Gasteiger partial charge on any atom is -0.459 e. The molecule has 1 aromatic carbocycles. The maximum atomic E-state index is 11.9. The number of rotatable bonds is 4. The van der Waals surface area contributed by atoms with Gasteiger partial charge in [-0.3, -0.25) is 9.63 Å². The Hall–Kier alpha value is -1.96. The molecule has 0 aromatic heterocycles. The Bertz CT molecular complexity index is 505. The topological polar surface area (TPSA) is 96.3 Å². The van der Waals surface area contributed by atoms with Crippen LogP contribution >= 0.6 is 0 Å². The van der Waals surface area contributed by atoms with Gasteiger partial charge >= 0.3 is 5.97 Å². The van der Waals surface area contributed by atoms with Crippen LogP contribution in [0.5, 0.6) is 0 Å². The van der Waals surface area contributed by atoms with Gasteiger partial charge in [0.1, 0.15) is 19.3 Å². The number of benzene rings is 1. The summed E-state index contributed by atoms with van der Waals surface area (Å²) in [4.78, 5) is 28.6. The van der Waals surface area contributed by atoms with E-state index in [0.717, 1.165) is 10.6 Å². The van der Waals surface area contributed by atoms with E-state index in [4.69, 9.17) is 9.57 Å². The minimum absolute atomic E-state index is 0.0806. The van der Waals surface area contributed by atoms with E-state index in [1.165, 1.54) is 6.92 Å². The summed E-state index contributed by atoms with van der Waals surface area (Å²) < 4.78 is 5.10. The van der Waals surface area contributed by atoms with Gasteiger partial charge in [0.2, 0.25) is 0 Å². The first-order chi connectivity index (χ1) is 10.0. The van der Waals surface area contributed by atoms with Gasteiger partial charge in [0.15, 0.2) is 12.1 Å². The largest absolute Gasteiger partial charge is 0.459 e. The molecule has 1 aliphatic heterocycles. The second-order valence-corrected chi connectivity index (χ2v) is 4.74. The normalized spacial score (nSPS) is 23.8. The number of aliphatic hydroxyl groups excluding tert-OH is 2. The molecule has 1 amide bonds. The quantitative estimate of drug-likeness (QED) is 0.735. The minimum atomic E-state index is -1.59. The van der Waals surface area contributed by atoms with Crippen LogP contribution in [0.4, 0.5) is 0 Å². The van der Waals surface area contributed by atoms with Crippen LogP contribution in [0.1, 0.15) is 12.5 Å². The molecule has 1 fully saturated rings. The molecule has 7 nitrogen and oxygen atoms in total. The number of esters is 1. The zero-order valence-corrected chi connectivity index (χ0v) is 11.5. The molecule has 0 spiro atoms. The molecule has 3 atom stereocenters. The number of ether oxygens (including phenoxy) is 1. The van der Waals surface area contributed by atoms with Crippen molar-refractivity contribution in [3.8, 4) is 0 Å². The molecule has 7 heteroatoms. The van der Waals surface area contributed by atoms with Crippen molar-refractivity contribution >= 4 is 11.9 Å². The first kappa shape index (κ1) is 15.4. The van der Waals surface area contributed by atoms with Gasteiger partial charge in [0.05, 0.1) is 0 Å². The van der Waals surface area contributed by atoms with E-state index in [1.54, 1.807) is 12.1 Å². The van der Waals surface area contributed by atoms with Crippen molar-refractivity contribution in [1.82, 2.24) is 5.06 Å². The Labute approximate surface area is 121 Å². The molecule has 114 valence electrons. The van der Waals surface area contributed by atoms with E-state index in [0.29, 0.717) is 0 Å². The molecule has 1 aromatic rings. The summed E-state index contributed by atoms with van der Waals surface area (Å²) in [5.41, 5.74) is 0.819. The number of aliphatic hydroxyl groups is 2. The lowest BCUT2D eigenvalue weighted by molar-refractivity contribution is -0.247. The van der Waals surface area contributed by atoms with Gasteiger partial charge in [-0.05, 0) is 12.5 Å². The maximum Gasteiger partial charge on any atom is 0.331 e. The molecule has 1 saturated heterocycles. The number of hydrogen-bond donors (Lipinski definition) is 2. The highest BCUT2D eigenvalue weighted by Gasteiger charge is 2.40. The lowest BCUT2D eigenvalue weighted by Crippen LogP contribution is -2.57. The van der Waals surface area contributed by atoms with Crippen LogP contribution in [0, 0.1) is 0 Å². The third-order valence-corrected chi connectivity index (χ3v) is 3.14. The van der Waals surface area contributed by atoms with Crippen molar-refractivity contribution in [2.24, 2.45) is 0 Å². The second-order valence-electron chi connectivity index (χ2n) is 4.74. The summed E-state index contributed by atoms with van der Waals surface area (Å²) >= 11 is 0. The van der Waals surface area contributed by atoms with Crippen LogP contribution < -0.4 is 0 Å². The first-order valence-electron chi connectivity index (χ1n) is 6.53. The SMILES string of the molecule is CC(C(=O)OCc1ccccc1)N1OC[C@H](O)[C@H](O)C1=O. The van der Waals surface area contributed by atoms with Crippen LogP contribution in [0.15, 0.2) is 30.3 Å². The molecule has 1 unspecified atom stereocenters. The lowest BCUT2D eigenvalue weighted by atomic mass is 10.1. The van der Waals surface area contributed by atoms with E-state index < -0.39 is 30.1 Å². The summed E-state index contributed by atoms with van der Waals surface area (Å²) in [6, 6.07) is 8.09. The molecule has 0 radical (unpaired) electrons. The summed E-state index contributed by atoms with van der Waals surface area (Å²) in [6.07, 6.45) is -2.88. The third-order valence-electron chi connectivity index (χ3n) is 3.14.